The minimum atomic E-state index is 0.629. The minimum absolute atomic E-state index is 0.629. The van der Waals surface area contributed by atoms with Gasteiger partial charge in [0.2, 0.25) is 0 Å². The lowest BCUT2D eigenvalue weighted by Gasteiger charge is -2.14. The molecule has 0 aromatic heterocycles. The Morgan fingerprint density at radius 2 is 2.06 bits per heavy atom. The number of rotatable bonds is 6. The van der Waals surface area contributed by atoms with Gasteiger partial charge in [-0.25, -0.2) is 0 Å². The Hall–Kier alpha value is -1.06. The van der Waals surface area contributed by atoms with Gasteiger partial charge in [0.1, 0.15) is 0 Å². The van der Waals surface area contributed by atoms with E-state index in [1.54, 1.807) is 0 Å². The number of anilines is 1. The maximum Gasteiger partial charge on any atom is 0.0489 e. The first-order chi connectivity index (χ1) is 8.65. The summed E-state index contributed by atoms with van der Waals surface area (Å²) in [6, 6.07) is 6.25. The van der Waals surface area contributed by atoms with E-state index in [4.69, 9.17) is 10.5 Å². The van der Waals surface area contributed by atoms with Gasteiger partial charge >= 0.3 is 0 Å². The highest BCUT2D eigenvalue weighted by Crippen LogP contribution is 2.24. The van der Waals surface area contributed by atoms with Crippen molar-refractivity contribution in [3.63, 3.8) is 0 Å². The Morgan fingerprint density at radius 1 is 1.28 bits per heavy atom. The van der Waals surface area contributed by atoms with Crippen LogP contribution in [0.5, 0.6) is 0 Å². The van der Waals surface area contributed by atoms with Crippen molar-refractivity contribution in [2.24, 2.45) is 5.92 Å². The predicted octanol–water partition coefficient (Wildman–Crippen LogP) is 2.65. The van der Waals surface area contributed by atoms with Gasteiger partial charge in [0.25, 0.3) is 0 Å². The highest BCUT2D eigenvalue weighted by atomic mass is 16.5. The molecule has 1 heterocycles. The second kappa shape index (κ2) is 6.21. The Labute approximate surface area is 110 Å². The van der Waals surface area contributed by atoms with Crippen LogP contribution in [-0.4, -0.2) is 24.7 Å². The van der Waals surface area contributed by atoms with Gasteiger partial charge in [-0.3, -0.25) is 4.90 Å². The van der Waals surface area contributed by atoms with Crippen molar-refractivity contribution in [1.82, 2.24) is 4.90 Å². The molecule has 0 fully saturated rings. The summed E-state index contributed by atoms with van der Waals surface area (Å²) >= 11 is 0. The summed E-state index contributed by atoms with van der Waals surface area (Å²) in [7, 11) is 0. The number of ether oxygens (including phenoxy) is 1. The first kappa shape index (κ1) is 13.4. The maximum absolute atomic E-state index is 5.81. The monoisotopic (exact) mass is 248 g/mol. The van der Waals surface area contributed by atoms with Crippen LogP contribution in [0.25, 0.3) is 0 Å². The van der Waals surface area contributed by atoms with E-state index in [2.05, 4.69) is 30.9 Å². The zero-order chi connectivity index (χ0) is 13.0. The molecule has 1 aliphatic heterocycles. The lowest BCUT2D eigenvalue weighted by atomic mass is 10.1. The summed E-state index contributed by atoms with van der Waals surface area (Å²) in [5.41, 5.74) is 9.49. The highest BCUT2D eigenvalue weighted by molar-refractivity contribution is 5.46. The van der Waals surface area contributed by atoms with E-state index in [1.807, 2.05) is 6.07 Å². The molecule has 18 heavy (non-hydrogen) atoms. The number of hydrogen-bond donors (Lipinski definition) is 1. The molecule has 0 spiro atoms. The van der Waals surface area contributed by atoms with Crippen LogP contribution in [0.4, 0.5) is 5.69 Å². The fourth-order valence-electron chi connectivity index (χ4n) is 2.35. The van der Waals surface area contributed by atoms with Gasteiger partial charge in [0.05, 0.1) is 0 Å². The van der Waals surface area contributed by atoms with Crippen LogP contribution in [0, 0.1) is 5.92 Å². The number of nitrogens with zero attached hydrogens (tertiary/aromatic N) is 1. The second-order valence-corrected chi connectivity index (χ2v) is 5.56. The number of nitrogen functional groups attached to an aromatic ring is 1. The van der Waals surface area contributed by atoms with E-state index >= 15 is 0 Å². The molecule has 0 saturated carbocycles. The number of benzene rings is 1. The van der Waals surface area contributed by atoms with Gasteiger partial charge < -0.3 is 10.5 Å². The Balaban J connectivity index is 1.68. The van der Waals surface area contributed by atoms with Crippen molar-refractivity contribution in [2.75, 3.05) is 25.5 Å². The molecule has 0 atom stereocenters. The Kier molecular flexibility index (Phi) is 4.61. The zero-order valence-corrected chi connectivity index (χ0v) is 11.5. The standard InChI is InChI=1S/C15H24N2O/c1-12(2)11-18-7-3-6-17-9-13-4-5-15(16)8-14(13)10-17/h4-5,8,12H,3,6-7,9-11,16H2,1-2H3. The molecule has 2 N–H and O–H groups in total. The van der Waals surface area contributed by atoms with Crippen molar-refractivity contribution in [1.29, 1.82) is 0 Å². The van der Waals surface area contributed by atoms with Gasteiger partial charge in [-0.2, -0.15) is 0 Å². The molecule has 0 radical (unpaired) electrons. The van der Waals surface area contributed by atoms with E-state index in [0.717, 1.165) is 45.0 Å². The van der Waals surface area contributed by atoms with Crippen LogP contribution in [0.3, 0.4) is 0 Å². The molecule has 3 heteroatoms. The Bertz CT molecular complexity index is 390. The number of fused-ring (bicyclic) bond motifs is 1. The van der Waals surface area contributed by atoms with Gasteiger partial charge in [0.15, 0.2) is 0 Å². The molecule has 1 aromatic carbocycles. The van der Waals surface area contributed by atoms with Gasteiger partial charge in [-0.1, -0.05) is 19.9 Å². The van der Waals surface area contributed by atoms with Gasteiger partial charge in [-0.15, -0.1) is 0 Å². The molecule has 0 amide bonds. The minimum Gasteiger partial charge on any atom is -0.399 e. The highest BCUT2D eigenvalue weighted by Gasteiger charge is 2.18. The first-order valence-electron chi connectivity index (χ1n) is 6.82. The normalized spacial score (nSPS) is 15.3. The largest absolute Gasteiger partial charge is 0.399 e. The van der Waals surface area contributed by atoms with E-state index in [0.29, 0.717) is 5.92 Å². The fourth-order valence-corrected chi connectivity index (χ4v) is 2.35. The Morgan fingerprint density at radius 3 is 2.83 bits per heavy atom. The molecule has 100 valence electrons. The van der Waals surface area contributed by atoms with E-state index in [9.17, 15) is 0 Å². The third-order valence-corrected chi connectivity index (χ3v) is 3.23. The average Bonchev–Trinajstić information content (AvgIpc) is 2.70. The average molecular weight is 248 g/mol. The molecular weight excluding hydrogens is 224 g/mol. The van der Waals surface area contributed by atoms with Gasteiger partial charge in [0, 0.05) is 38.5 Å². The van der Waals surface area contributed by atoms with Crippen LogP contribution in [-0.2, 0) is 17.8 Å². The lowest BCUT2D eigenvalue weighted by Crippen LogP contribution is -2.19. The molecule has 1 aromatic rings. The van der Waals surface area contributed by atoms with Crippen LogP contribution in [0.2, 0.25) is 0 Å². The molecule has 0 unspecified atom stereocenters. The summed E-state index contributed by atoms with van der Waals surface area (Å²) in [5.74, 6) is 0.629. The van der Waals surface area contributed by atoms with Crippen LogP contribution < -0.4 is 5.73 Å². The summed E-state index contributed by atoms with van der Waals surface area (Å²) in [6.45, 7) is 9.30. The van der Waals surface area contributed by atoms with Crippen LogP contribution in [0.15, 0.2) is 18.2 Å². The van der Waals surface area contributed by atoms with Crippen LogP contribution >= 0.6 is 0 Å². The summed E-state index contributed by atoms with van der Waals surface area (Å²) in [4.78, 5) is 2.46. The summed E-state index contributed by atoms with van der Waals surface area (Å²) < 4.78 is 5.60. The lowest BCUT2D eigenvalue weighted by molar-refractivity contribution is 0.0990. The second-order valence-electron chi connectivity index (χ2n) is 5.56. The van der Waals surface area contributed by atoms with Crippen molar-refractivity contribution in [2.45, 2.75) is 33.4 Å². The smallest absolute Gasteiger partial charge is 0.0489 e. The van der Waals surface area contributed by atoms with Crippen molar-refractivity contribution in [3.8, 4) is 0 Å². The molecule has 3 nitrogen and oxygen atoms in total. The quantitative estimate of drug-likeness (QED) is 0.621. The van der Waals surface area contributed by atoms with Crippen molar-refractivity contribution < 1.29 is 4.74 Å². The predicted molar refractivity (Wildman–Crippen MR) is 75.2 cm³/mol. The molecule has 1 aliphatic rings. The summed E-state index contributed by atoms with van der Waals surface area (Å²) in [6.07, 6.45) is 1.11. The third kappa shape index (κ3) is 3.72. The molecule has 0 aliphatic carbocycles. The fraction of sp³-hybridized carbons (Fsp3) is 0.600. The van der Waals surface area contributed by atoms with E-state index < -0.39 is 0 Å². The molecule has 0 bridgehead atoms. The maximum atomic E-state index is 5.81. The van der Waals surface area contributed by atoms with Crippen molar-refractivity contribution in [3.05, 3.63) is 29.3 Å². The van der Waals surface area contributed by atoms with Crippen molar-refractivity contribution >= 4 is 5.69 Å². The summed E-state index contributed by atoms with van der Waals surface area (Å²) in [5, 5.41) is 0. The molecular formula is C15H24N2O. The first-order valence-corrected chi connectivity index (χ1v) is 6.82. The van der Waals surface area contributed by atoms with Crippen LogP contribution in [0.1, 0.15) is 31.4 Å². The zero-order valence-electron chi connectivity index (χ0n) is 11.5. The molecule has 0 saturated heterocycles. The number of nitrogens with two attached hydrogens (primary N) is 1. The van der Waals surface area contributed by atoms with E-state index in [1.165, 1.54) is 11.1 Å². The topological polar surface area (TPSA) is 38.5 Å². The number of hydrogen-bond acceptors (Lipinski definition) is 3. The van der Waals surface area contributed by atoms with E-state index in [-0.39, 0.29) is 0 Å². The van der Waals surface area contributed by atoms with Gasteiger partial charge in [-0.05, 0) is 35.6 Å². The molecule has 2 rings (SSSR count). The SMILES string of the molecule is CC(C)COCCCN1Cc2ccc(N)cc2C1. The third-order valence-electron chi connectivity index (χ3n) is 3.23.